The predicted octanol–water partition coefficient (Wildman–Crippen LogP) is 5.37. The van der Waals surface area contributed by atoms with E-state index in [0.717, 1.165) is 60.3 Å². The number of nitrogens with one attached hydrogen (secondary N) is 1. The number of aryl methyl sites for hydroxylation is 1. The number of benzene rings is 2. The Bertz CT molecular complexity index is 1180. The second-order valence-corrected chi connectivity index (χ2v) is 8.71. The standard InChI is InChI=1S/C27H35N7O2/c1-4-7-16-34-24(28-26(31-34)27(35-17-5-2)36-18-6-3)19-20-12-14-21(15-13-20)22-10-8-9-11-23(22)25-29-32-33-30-25/h8-15,27H,4-7,16-19H2,1-3H3,(H,29,30,32,33). The van der Waals surface area contributed by atoms with Crippen LogP contribution in [-0.4, -0.2) is 48.6 Å². The largest absolute Gasteiger partial charge is 0.346 e. The molecule has 0 saturated heterocycles. The van der Waals surface area contributed by atoms with E-state index in [0.29, 0.717) is 31.3 Å². The van der Waals surface area contributed by atoms with E-state index < -0.39 is 6.29 Å². The Morgan fingerprint density at radius 3 is 2.25 bits per heavy atom. The van der Waals surface area contributed by atoms with E-state index in [-0.39, 0.29) is 0 Å². The van der Waals surface area contributed by atoms with Crippen LogP contribution in [0.2, 0.25) is 0 Å². The molecule has 0 aliphatic carbocycles. The summed E-state index contributed by atoms with van der Waals surface area (Å²) in [5.74, 6) is 2.18. The molecule has 9 nitrogen and oxygen atoms in total. The average Bonchev–Trinajstić information content (AvgIpc) is 3.59. The third-order valence-electron chi connectivity index (χ3n) is 5.80. The monoisotopic (exact) mass is 489 g/mol. The first-order valence-electron chi connectivity index (χ1n) is 12.8. The van der Waals surface area contributed by atoms with E-state index >= 15 is 0 Å². The zero-order valence-electron chi connectivity index (χ0n) is 21.4. The summed E-state index contributed by atoms with van der Waals surface area (Å²) in [7, 11) is 0. The molecule has 0 aliphatic rings. The summed E-state index contributed by atoms with van der Waals surface area (Å²) in [6.45, 7) is 8.39. The second-order valence-electron chi connectivity index (χ2n) is 8.71. The van der Waals surface area contributed by atoms with Gasteiger partial charge in [0.15, 0.2) is 5.82 Å². The Labute approximate surface area is 212 Å². The number of hydrogen-bond acceptors (Lipinski definition) is 7. The smallest absolute Gasteiger partial charge is 0.221 e. The average molecular weight is 490 g/mol. The summed E-state index contributed by atoms with van der Waals surface area (Å²) in [5, 5.41) is 19.2. The third-order valence-corrected chi connectivity index (χ3v) is 5.80. The first kappa shape index (κ1) is 25.7. The summed E-state index contributed by atoms with van der Waals surface area (Å²) >= 11 is 0. The number of unbranched alkanes of at least 4 members (excludes halogenated alkanes) is 1. The number of nitrogens with zero attached hydrogens (tertiary/aromatic N) is 6. The van der Waals surface area contributed by atoms with Gasteiger partial charge in [-0.05, 0) is 46.4 Å². The second kappa shape index (κ2) is 13.0. The summed E-state index contributed by atoms with van der Waals surface area (Å²) < 4.78 is 13.9. The lowest BCUT2D eigenvalue weighted by molar-refractivity contribution is -0.151. The number of hydrogen-bond donors (Lipinski definition) is 1. The van der Waals surface area contributed by atoms with Gasteiger partial charge in [0, 0.05) is 31.7 Å². The number of tetrazole rings is 1. The van der Waals surface area contributed by atoms with Crippen LogP contribution < -0.4 is 0 Å². The van der Waals surface area contributed by atoms with Crippen LogP contribution in [0.4, 0.5) is 0 Å². The van der Waals surface area contributed by atoms with Crippen molar-refractivity contribution < 1.29 is 9.47 Å². The highest BCUT2D eigenvalue weighted by atomic mass is 16.7. The van der Waals surface area contributed by atoms with Gasteiger partial charge in [0.25, 0.3) is 0 Å². The van der Waals surface area contributed by atoms with Gasteiger partial charge in [0.05, 0.1) is 0 Å². The first-order valence-corrected chi connectivity index (χ1v) is 12.8. The van der Waals surface area contributed by atoms with E-state index in [1.807, 2.05) is 22.9 Å². The van der Waals surface area contributed by atoms with Crippen LogP contribution >= 0.6 is 0 Å². The molecule has 1 N–H and O–H groups in total. The van der Waals surface area contributed by atoms with Gasteiger partial charge >= 0.3 is 0 Å². The van der Waals surface area contributed by atoms with E-state index in [1.54, 1.807) is 0 Å². The van der Waals surface area contributed by atoms with Crippen LogP contribution in [0.25, 0.3) is 22.5 Å². The van der Waals surface area contributed by atoms with E-state index in [9.17, 15) is 0 Å². The number of rotatable bonds is 14. The Kier molecular flexibility index (Phi) is 9.29. The Balaban J connectivity index is 1.56. The summed E-state index contributed by atoms with van der Waals surface area (Å²) in [5.41, 5.74) is 4.29. The Morgan fingerprint density at radius 2 is 1.61 bits per heavy atom. The van der Waals surface area contributed by atoms with Crippen molar-refractivity contribution >= 4 is 0 Å². The SMILES string of the molecule is CCCCn1nc(C(OCCC)OCCC)nc1Cc1ccc(-c2ccccc2-c2nnn[nH]2)cc1. The van der Waals surface area contributed by atoms with Crippen molar-refractivity contribution in [2.45, 2.75) is 65.7 Å². The molecule has 0 unspecified atom stereocenters. The molecule has 9 heteroatoms. The molecule has 0 amide bonds. The zero-order valence-corrected chi connectivity index (χ0v) is 21.4. The minimum absolute atomic E-state index is 0.531. The van der Waals surface area contributed by atoms with Crippen molar-refractivity contribution in [2.75, 3.05) is 13.2 Å². The molecule has 4 aromatic rings. The fourth-order valence-electron chi connectivity index (χ4n) is 3.96. The minimum Gasteiger partial charge on any atom is -0.346 e. The molecule has 4 rings (SSSR count). The van der Waals surface area contributed by atoms with Gasteiger partial charge in [-0.1, -0.05) is 75.7 Å². The van der Waals surface area contributed by atoms with Crippen LogP contribution in [0.15, 0.2) is 48.5 Å². The lowest BCUT2D eigenvalue weighted by atomic mass is 9.98. The molecule has 0 fully saturated rings. The molecule has 0 radical (unpaired) electrons. The lowest BCUT2D eigenvalue weighted by Crippen LogP contribution is -2.13. The molecule has 2 aromatic heterocycles. The number of H-pyrrole nitrogens is 1. The van der Waals surface area contributed by atoms with Crippen molar-refractivity contribution in [3.63, 3.8) is 0 Å². The highest BCUT2D eigenvalue weighted by Crippen LogP contribution is 2.30. The van der Waals surface area contributed by atoms with Gasteiger partial charge in [0.2, 0.25) is 12.1 Å². The topological polar surface area (TPSA) is 104 Å². The van der Waals surface area contributed by atoms with Gasteiger partial charge in [-0.2, -0.15) is 5.10 Å². The molecule has 0 atom stereocenters. The molecule has 0 saturated carbocycles. The Morgan fingerprint density at radius 1 is 0.889 bits per heavy atom. The van der Waals surface area contributed by atoms with Crippen molar-refractivity contribution in [3.05, 3.63) is 65.7 Å². The molecular weight excluding hydrogens is 454 g/mol. The quantitative estimate of drug-likeness (QED) is 0.238. The van der Waals surface area contributed by atoms with Gasteiger partial charge in [0.1, 0.15) is 5.82 Å². The van der Waals surface area contributed by atoms with Crippen molar-refractivity contribution in [3.8, 4) is 22.5 Å². The van der Waals surface area contributed by atoms with Crippen molar-refractivity contribution in [1.29, 1.82) is 0 Å². The first-order chi connectivity index (χ1) is 17.7. The summed E-state index contributed by atoms with van der Waals surface area (Å²) in [6, 6.07) is 16.6. The highest BCUT2D eigenvalue weighted by Gasteiger charge is 2.21. The maximum atomic E-state index is 5.93. The van der Waals surface area contributed by atoms with Crippen LogP contribution in [-0.2, 0) is 22.4 Å². The zero-order chi connectivity index (χ0) is 25.2. The minimum atomic E-state index is -0.531. The Hall–Kier alpha value is -3.43. The molecule has 190 valence electrons. The van der Waals surface area contributed by atoms with Crippen LogP contribution in [0, 0.1) is 0 Å². The molecule has 0 bridgehead atoms. The fourth-order valence-corrected chi connectivity index (χ4v) is 3.96. The fraction of sp³-hybridized carbons (Fsp3) is 0.444. The normalized spacial score (nSPS) is 11.4. The summed E-state index contributed by atoms with van der Waals surface area (Å²) in [4.78, 5) is 4.87. The molecule has 0 spiro atoms. The maximum absolute atomic E-state index is 5.93. The van der Waals surface area contributed by atoms with Crippen molar-refractivity contribution in [1.82, 2.24) is 35.4 Å². The van der Waals surface area contributed by atoms with E-state index in [2.05, 4.69) is 71.7 Å². The van der Waals surface area contributed by atoms with Gasteiger partial charge in [-0.3, -0.25) is 0 Å². The summed E-state index contributed by atoms with van der Waals surface area (Å²) in [6.07, 6.45) is 4.11. The van der Waals surface area contributed by atoms with E-state index in [1.165, 1.54) is 0 Å². The predicted molar refractivity (Wildman–Crippen MR) is 138 cm³/mol. The van der Waals surface area contributed by atoms with Crippen LogP contribution in [0.3, 0.4) is 0 Å². The maximum Gasteiger partial charge on any atom is 0.221 e. The van der Waals surface area contributed by atoms with Crippen LogP contribution in [0.1, 0.15) is 70.0 Å². The van der Waals surface area contributed by atoms with Gasteiger partial charge < -0.3 is 9.47 Å². The number of ether oxygens (including phenoxy) is 2. The highest BCUT2D eigenvalue weighted by molar-refractivity contribution is 5.80. The van der Waals surface area contributed by atoms with Gasteiger partial charge in [-0.25, -0.2) is 14.8 Å². The molecular formula is C27H35N7O2. The molecule has 2 aromatic carbocycles. The van der Waals surface area contributed by atoms with Gasteiger partial charge in [-0.15, -0.1) is 5.10 Å². The molecule has 36 heavy (non-hydrogen) atoms. The third kappa shape index (κ3) is 6.41. The molecule has 2 heterocycles. The van der Waals surface area contributed by atoms with Crippen LogP contribution in [0.5, 0.6) is 0 Å². The lowest BCUT2D eigenvalue weighted by Gasteiger charge is -2.14. The number of aromatic amines is 1. The molecule has 0 aliphatic heterocycles. The van der Waals surface area contributed by atoms with Crippen molar-refractivity contribution in [2.24, 2.45) is 0 Å². The van der Waals surface area contributed by atoms with E-state index in [4.69, 9.17) is 19.6 Å². The number of aromatic nitrogens is 7.